The molecule has 3 heterocycles. The van der Waals surface area contributed by atoms with E-state index in [1.807, 2.05) is 48.4 Å². The lowest BCUT2D eigenvalue weighted by atomic mass is 9.98. The van der Waals surface area contributed by atoms with Crippen molar-refractivity contribution in [1.29, 1.82) is 0 Å². The lowest BCUT2D eigenvalue weighted by Gasteiger charge is -2.23. The number of fused-ring (bicyclic) bond motifs is 1. The molecule has 0 bridgehead atoms. The Balaban J connectivity index is 1.66. The van der Waals surface area contributed by atoms with Gasteiger partial charge in [-0.1, -0.05) is 6.92 Å². The summed E-state index contributed by atoms with van der Waals surface area (Å²) in [7, 11) is 3.82. The highest BCUT2D eigenvalue weighted by atomic mass is 16.2. The van der Waals surface area contributed by atoms with Gasteiger partial charge in [0.1, 0.15) is 0 Å². The first-order valence-corrected chi connectivity index (χ1v) is 8.86. The smallest absolute Gasteiger partial charge is 0.225 e. The van der Waals surface area contributed by atoms with Crippen molar-refractivity contribution in [2.24, 2.45) is 13.0 Å². The second-order valence-electron chi connectivity index (χ2n) is 7.09. The summed E-state index contributed by atoms with van der Waals surface area (Å²) < 4.78 is 3.92. The normalized spacial score (nSPS) is 15.1. The van der Waals surface area contributed by atoms with Crippen LogP contribution in [-0.2, 0) is 37.9 Å². The highest BCUT2D eigenvalue weighted by Crippen LogP contribution is 2.19. The fraction of sp³-hybridized carbons (Fsp3) is 0.611. The van der Waals surface area contributed by atoms with Crippen LogP contribution in [0.3, 0.4) is 0 Å². The van der Waals surface area contributed by atoms with Crippen molar-refractivity contribution in [2.75, 3.05) is 13.6 Å². The van der Waals surface area contributed by atoms with E-state index in [1.54, 1.807) is 0 Å². The monoisotopic (exact) mass is 344 g/mol. The van der Waals surface area contributed by atoms with Crippen LogP contribution in [0.2, 0.25) is 0 Å². The molecule has 1 aliphatic rings. The van der Waals surface area contributed by atoms with Gasteiger partial charge >= 0.3 is 0 Å². The molecule has 1 aliphatic heterocycles. The zero-order valence-corrected chi connectivity index (χ0v) is 15.8. The van der Waals surface area contributed by atoms with Crippen molar-refractivity contribution in [1.82, 2.24) is 29.8 Å². The zero-order chi connectivity index (χ0) is 18.1. The predicted molar refractivity (Wildman–Crippen MR) is 96.0 cm³/mol. The number of carbonyl (C=O) groups is 1. The van der Waals surface area contributed by atoms with Crippen LogP contribution in [0.5, 0.6) is 0 Å². The summed E-state index contributed by atoms with van der Waals surface area (Å²) in [4.78, 5) is 14.6. The third-order valence-corrected chi connectivity index (χ3v) is 5.20. The molecule has 25 heavy (non-hydrogen) atoms. The lowest BCUT2D eigenvalue weighted by Crippen LogP contribution is -2.33. The van der Waals surface area contributed by atoms with Crippen molar-refractivity contribution < 1.29 is 4.79 Å². The summed E-state index contributed by atoms with van der Waals surface area (Å²) in [6, 6.07) is 0. The van der Waals surface area contributed by atoms with Gasteiger partial charge in [0.25, 0.3) is 0 Å². The van der Waals surface area contributed by atoms with E-state index >= 15 is 0 Å². The average molecular weight is 344 g/mol. The van der Waals surface area contributed by atoms with Crippen LogP contribution in [0.4, 0.5) is 0 Å². The number of hydrogen-bond acceptors (Lipinski definition) is 4. The summed E-state index contributed by atoms with van der Waals surface area (Å²) in [5.41, 5.74) is 5.65. The average Bonchev–Trinajstić information content (AvgIpc) is 3.10. The molecule has 1 atom stereocenters. The molecule has 0 spiro atoms. The summed E-state index contributed by atoms with van der Waals surface area (Å²) in [5.74, 6) is 0.0856. The highest BCUT2D eigenvalue weighted by Gasteiger charge is 2.23. The largest absolute Gasteiger partial charge is 0.341 e. The van der Waals surface area contributed by atoms with Crippen molar-refractivity contribution in [3.05, 3.63) is 34.4 Å². The molecule has 7 nitrogen and oxygen atoms in total. The number of carbonyl (C=O) groups excluding carboxylic acids is 1. The van der Waals surface area contributed by atoms with Gasteiger partial charge in [0.05, 0.1) is 24.1 Å². The third kappa shape index (κ3) is 3.46. The summed E-state index contributed by atoms with van der Waals surface area (Å²) in [5, 5.41) is 12.3. The molecule has 1 N–H and O–H groups in total. The Morgan fingerprint density at radius 3 is 2.88 bits per heavy atom. The molecule has 2 aromatic rings. The Hall–Kier alpha value is -2.15. The Kier molecular flexibility index (Phi) is 4.94. The van der Waals surface area contributed by atoms with Crippen LogP contribution in [0.25, 0.3) is 0 Å². The van der Waals surface area contributed by atoms with Gasteiger partial charge in [-0.25, -0.2) is 0 Å². The first-order valence-electron chi connectivity index (χ1n) is 8.86. The molecule has 7 heteroatoms. The topological polar surface area (TPSA) is 68.0 Å². The van der Waals surface area contributed by atoms with Gasteiger partial charge in [0, 0.05) is 50.9 Å². The number of aromatic nitrogens is 4. The molecule has 1 amide bonds. The number of aryl methyl sites for hydroxylation is 2. The van der Waals surface area contributed by atoms with E-state index in [1.165, 1.54) is 11.3 Å². The molecule has 0 aliphatic carbocycles. The van der Waals surface area contributed by atoms with Gasteiger partial charge in [-0.3, -0.25) is 14.2 Å². The van der Waals surface area contributed by atoms with Gasteiger partial charge in [-0.2, -0.15) is 10.2 Å². The van der Waals surface area contributed by atoms with E-state index in [4.69, 9.17) is 0 Å². The molecule has 3 rings (SSSR count). The number of rotatable bonds is 5. The number of nitrogens with one attached hydrogen (secondary N) is 1. The van der Waals surface area contributed by atoms with Gasteiger partial charge in [0.15, 0.2) is 0 Å². The maximum absolute atomic E-state index is 12.8. The van der Waals surface area contributed by atoms with Crippen LogP contribution in [-0.4, -0.2) is 44.0 Å². The second kappa shape index (κ2) is 7.00. The lowest BCUT2D eigenvalue weighted by molar-refractivity contribution is -0.134. The number of hydrogen-bond donors (Lipinski definition) is 1. The van der Waals surface area contributed by atoms with E-state index in [0.717, 1.165) is 43.0 Å². The van der Waals surface area contributed by atoms with Crippen molar-refractivity contribution >= 4 is 5.91 Å². The van der Waals surface area contributed by atoms with Gasteiger partial charge < -0.3 is 10.2 Å². The number of amides is 1. The van der Waals surface area contributed by atoms with Crippen molar-refractivity contribution in [2.45, 2.75) is 46.8 Å². The van der Waals surface area contributed by atoms with E-state index in [9.17, 15) is 4.79 Å². The van der Waals surface area contributed by atoms with Gasteiger partial charge in [-0.05, 0) is 25.8 Å². The molecule has 0 saturated carbocycles. The van der Waals surface area contributed by atoms with E-state index in [-0.39, 0.29) is 11.8 Å². The molecule has 0 saturated heterocycles. The molecule has 0 fully saturated rings. The Morgan fingerprint density at radius 2 is 2.20 bits per heavy atom. The fourth-order valence-electron chi connectivity index (χ4n) is 3.59. The summed E-state index contributed by atoms with van der Waals surface area (Å²) in [6.07, 6.45) is 2.62. The summed E-state index contributed by atoms with van der Waals surface area (Å²) in [6.45, 7) is 9.33. The molecular formula is C18H28N6O. The first-order chi connectivity index (χ1) is 11.9. The summed E-state index contributed by atoms with van der Waals surface area (Å²) >= 11 is 0. The highest BCUT2D eigenvalue weighted by molar-refractivity contribution is 5.78. The molecule has 2 aromatic heterocycles. The SMILES string of the molecule is Cc1nn(C)c(C)c1CC(C)C(=O)N(C)Cc1cnn2c1CNCC2. The van der Waals surface area contributed by atoms with Crippen LogP contribution in [0, 0.1) is 19.8 Å². The second-order valence-corrected chi connectivity index (χ2v) is 7.09. The van der Waals surface area contributed by atoms with Crippen LogP contribution < -0.4 is 5.32 Å². The molecule has 1 unspecified atom stereocenters. The van der Waals surface area contributed by atoms with E-state index in [2.05, 4.69) is 22.4 Å². The molecule has 136 valence electrons. The zero-order valence-electron chi connectivity index (χ0n) is 15.8. The van der Waals surface area contributed by atoms with Crippen LogP contribution >= 0.6 is 0 Å². The van der Waals surface area contributed by atoms with Crippen molar-refractivity contribution in [3.8, 4) is 0 Å². The van der Waals surface area contributed by atoms with Gasteiger partial charge in [-0.15, -0.1) is 0 Å². The van der Waals surface area contributed by atoms with Crippen LogP contribution in [0.1, 0.15) is 35.1 Å². The third-order valence-electron chi connectivity index (χ3n) is 5.20. The standard InChI is InChI=1S/C18H28N6O/c1-12(8-16-13(2)21-23(5)14(16)3)18(25)22(4)11-15-9-20-24-7-6-19-10-17(15)24/h9,12,19H,6-8,10-11H2,1-5H3. The molecule has 0 radical (unpaired) electrons. The fourth-order valence-corrected chi connectivity index (χ4v) is 3.59. The predicted octanol–water partition coefficient (Wildman–Crippen LogP) is 1.17. The quantitative estimate of drug-likeness (QED) is 0.884. The first kappa shape index (κ1) is 17.7. The molecular weight excluding hydrogens is 316 g/mol. The Morgan fingerprint density at radius 1 is 1.44 bits per heavy atom. The van der Waals surface area contributed by atoms with Gasteiger partial charge in [0.2, 0.25) is 5.91 Å². The minimum Gasteiger partial charge on any atom is -0.341 e. The minimum atomic E-state index is -0.0730. The van der Waals surface area contributed by atoms with Crippen molar-refractivity contribution in [3.63, 3.8) is 0 Å². The maximum atomic E-state index is 12.8. The number of nitrogens with zero attached hydrogens (tertiary/aromatic N) is 5. The van der Waals surface area contributed by atoms with E-state index in [0.29, 0.717) is 6.54 Å². The Labute approximate surface area is 149 Å². The van der Waals surface area contributed by atoms with E-state index < -0.39 is 0 Å². The maximum Gasteiger partial charge on any atom is 0.225 e. The minimum absolute atomic E-state index is 0.0730. The molecule has 0 aromatic carbocycles. The Bertz CT molecular complexity index is 775. The van der Waals surface area contributed by atoms with Crippen LogP contribution in [0.15, 0.2) is 6.20 Å².